The quantitative estimate of drug-likeness (QED) is 0.793. The first-order valence-electron chi connectivity index (χ1n) is 8.25. The molecule has 1 aromatic heterocycles. The summed E-state index contributed by atoms with van der Waals surface area (Å²) >= 11 is 0. The summed E-state index contributed by atoms with van der Waals surface area (Å²) in [5, 5.41) is 0. The minimum Gasteiger partial charge on any atom is -0.473 e. The van der Waals surface area contributed by atoms with Crippen molar-refractivity contribution in [1.82, 2.24) is 14.9 Å². The van der Waals surface area contributed by atoms with Gasteiger partial charge in [-0.15, -0.1) is 0 Å². The molecule has 3 heterocycles. The summed E-state index contributed by atoms with van der Waals surface area (Å²) < 4.78 is 11.9. The summed E-state index contributed by atoms with van der Waals surface area (Å²) in [7, 11) is 0. The molecule has 1 atom stereocenters. The largest absolute Gasteiger partial charge is 0.473 e. The van der Waals surface area contributed by atoms with E-state index in [1.165, 1.54) is 0 Å². The second kappa shape index (κ2) is 5.92. The molecular formula is C17H21N3O3. The average Bonchev–Trinajstić information content (AvgIpc) is 3.07. The molecular weight excluding hydrogens is 294 g/mol. The van der Waals surface area contributed by atoms with Crippen LogP contribution < -0.4 is 4.74 Å². The van der Waals surface area contributed by atoms with Crippen LogP contribution >= 0.6 is 0 Å². The van der Waals surface area contributed by atoms with Crippen molar-refractivity contribution in [3.8, 4) is 5.88 Å². The zero-order valence-electron chi connectivity index (χ0n) is 13.1. The Bertz CT molecular complexity index is 590. The number of hydrogen-bond acceptors (Lipinski definition) is 5. The predicted octanol–water partition coefficient (Wildman–Crippen LogP) is 1.58. The Kier molecular flexibility index (Phi) is 3.77. The number of likely N-dealkylation sites (tertiary alicyclic amines) is 1. The van der Waals surface area contributed by atoms with Crippen LogP contribution in [0, 0.1) is 5.92 Å². The Labute approximate surface area is 135 Å². The molecule has 1 amide bonds. The van der Waals surface area contributed by atoms with E-state index >= 15 is 0 Å². The molecule has 2 fully saturated rings. The lowest BCUT2D eigenvalue weighted by atomic mass is 9.83. The van der Waals surface area contributed by atoms with Crippen molar-refractivity contribution in [1.29, 1.82) is 0 Å². The maximum absolute atomic E-state index is 12.4. The van der Waals surface area contributed by atoms with E-state index in [1.807, 2.05) is 4.90 Å². The first kappa shape index (κ1) is 14.6. The van der Waals surface area contributed by atoms with Crippen molar-refractivity contribution in [2.75, 3.05) is 19.7 Å². The van der Waals surface area contributed by atoms with Gasteiger partial charge in [-0.3, -0.25) is 9.78 Å². The molecule has 3 aliphatic rings. The number of amides is 1. The third-order valence-electron chi connectivity index (χ3n) is 4.90. The molecule has 2 aliphatic heterocycles. The number of ether oxygens (including phenoxy) is 2. The fourth-order valence-electron chi connectivity index (χ4n) is 3.70. The number of nitrogens with zero attached hydrogens (tertiary/aromatic N) is 3. The third-order valence-corrected chi connectivity index (χ3v) is 4.90. The van der Waals surface area contributed by atoms with Crippen LogP contribution in [0.25, 0.3) is 0 Å². The van der Waals surface area contributed by atoms with Gasteiger partial charge in [0, 0.05) is 31.2 Å². The van der Waals surface area contributed by atoms with E-state index in [-0.39, 0.29) is 23.5 Å². The molecule has 4 rings (SSSR count). The second-order valence-electron chi connectivity index (χ2n) is 6.64. The number of allylic oxidation sites excluding steroid dienone is 2. The maximum atomic E-state index is 12.4. The van der Waals surface area contributed by atoms with E-state index in [9.17, 15) is 4.79 Å². The molecule has 6 heteroatoms. The molecule has 1 aromatic rings. The van der Waals surface area contributed by atoms with Gasteiger partial charge >= 0.3 is 0 Å². The molecule has 0 bridgehead atoms. The lowest BCUT2D eigenvalue weighted by molar-refractivity contribution is -0.195. The molecule has 0 aromatic carbocycles. The molecule has 0 radical (unpaired) electrons. The van der Waals surface area contributed by atoms with Crippen LogP contribution in [0.15, 0.2) is 30.7 Å². The van der Waals surface area contributed by atoms with Crippen molar-refractivity contribution < 1.29 is 14.3 Å². The van der Waals surface area contributed by atoms with Crippen molar-refractivity contribution in [2.45, 2.75) is 37.4 Å². The van der Waals surface area contributed by atoms with E-state index in [2.05, 4.69) is 22.1 Å². The highest BCUT2D eigenvalue weighted by Gasteiger charge is 2.50. The molecule has 23 heavy (non-hydrogen) atoms. The van der Waals surface area contributed by atoms with Crippen LogP contribution in [0.4, 0.5) is 0 Å². The Morgan fingerprint density at radius 3 is 2.87 bits per heavy atom. The zero-order valence-corrected chi connectivity index (χ0v) is 13.1. The number of aromatic nitrogens is 2. The highest BCUT2D eigenvalue weighted by atomic mass is 16.5. The van der Waals surface area contributed by atoms with E-state index < -0.39 is 0 Å². The minimum atomic E-state index is -0.229. The summed E-state index contributed by atoms with van der Waals surface area (Å²) in [5.74, 6) is 0.961. The summed E-state index contributed by atoms with van der Waals surface area (Å²) in [4.78, 5) is 22.5. The summed E-state index contributed by atoms with van der Waals surface area (Å²) in [5.41, 5.74) is -0.229. The third kappa shape index (κ3) is 2.95. The van der Waals surface area contributed by atoms with Gasteiger partial charge in [0.05, 0.1) is 25.9 Å². The van der Waals surface area contributed by atoms with E-state index in [4.69, 9.17) is 9.47 Å². The molecule has 1 aliphatic carbocycles. The van der Waals surface area contributed by atoms with Gasteiger partial charge in [-0.1, -0.05) is 12.2 Å². The number of carbonyl (C=O) groups excluding carboxylic acids is 1. The maximum Gasteiger partial charge on any atom is 0.232 e. The van der Waals surface area contributed by atoms with Gasteiger partial charge in [-0.2, -0.15) is 0 Å². The van der Waals surface area contributed by atoms with Crippen molar-refractivity contribution in [3.63, 3.8) is 0 Å². The first-order valence-corrected chi connectivity index (χ1v) is 8.25. The lowest BCUT2D eigenvalue weighted by Crippen LogP contribution is -2.68. The second-order valence-corrected chi connectivity index (χ2v) is 6.64. The average molecular weight is 315 g/mol. The monoisotopic (exact) mass is 315 g/mol. The molecule has 0 saturated carbocycles. The lowest BCUT2D eigenvalue weighted by Gasteiger charge is -2.53. The van der Waals surface area contributed by atoms with E-state index in [0.717, 1.165) is 25.7 Å². The van der Waals surface area contributed by atoms with Gasteiger partial charge in [0.25, 0.3) is 0 Å². The normalized spacial score (nSPS) is 26.3. The first-order chi connectivity index (χ1) is 11.2. The Morgan fingerprint density at radius 1 is 1.30 bits per heavy atom. The fraction of sp³-hybridized carbons (Fsp3) is 0.588. The highest BCUT2D eigenvalue weighted by molar-refractivity contribution is 5.80. The van der Waals surface area contributed by atoms with Gasteiger partial charge in [-0.05, 0) is 12.8 Å². The number of rotatable bonds is 3. The Morgan fingerprint density at radius 2 is 2.13 bits per heavy atom. The molecule has 2 saturated heterocycles. The van der Waals surface area contributed by atoms with Crippen LogP contribution in [-0.2, 0) is 9.53 Å². The van der Waals surface area contributed by atoms with Gasteiger partial charge in [0.15, 0.2) is 0 Å². The van der Waals surface area contributed by atoms with Crippen molar-refractivity contribution in [2.24, 2.45) is 5.92 Å². The molecule has 1 unspecified atom stereocenters. The van der Waals surface area contributed by atoms with Crippen molar-refractivity contribution >= 4 is 5.91 Å². The van der Waals surface area contributed by atoms with Gasteiger partial charge in [0.1, 0.15) is 11.7 Å². The summed E-state index contributed by atoms with van der Waals surface area (Å²) in [6.45, 7) is 2.03. The number of hydrogen-bond donors (Lipinski definition) is 0. The summed E-state index contributed by atoms with van der Waals surface area (Å²) in [6, 6.07) is 0. The fourth-order valence-corrected chi connectivity index (χ4v) is 3.70. The highest BCUT2D eigenvalue weighted by Crippen LogP contribution is 2.37. The predicted molar refractivity (Wildman–Crippen MR) is 82.8 cm³/mol. The van der Waals surface area contributed by atoms with Crippen LogP contribution in [-0.4, -0.2) is 52.2 Å². The smallest absolute Gasteiger partial charge is 0.232 e. The SMILES string of the molecule is O=C(C1CC=CC1)N1CC2(CC(Oc3cnccn3)CCO2)C1. The minimum absolute atomic E-state index is 0.0749. The standard InChI is InChI=1S/C17H21N3O3/c21-16(13-3-1-2-4-13)20-11-17(12-20)9-14(5-8-22-17)23-15-10-18-6-7-19-15/h1-2,6-7,10,13-14H,3-5,8-9,11-12H2. The van der Waals surface area contributed by atoms with Crippen LogP contribution in [0.5, 0.6) is 5.88 Å². The van der Waals surface area contributed by atoms with E-state index in [0.29, 0.717) is 25.6 Å². The van der Waals surface area contributed by atoms with Crippen molar-refractivity contribution in [3.05, 3.63) is 30.7 Å². The Hall–Kier alpha value is -1.95. The zero-order chi connectivity index (χ0) is 15.7. The molecule has 0 N–H and O–H groups in total. The topological polar surface area (TPSA) is 64.6 Å². The van der Waals surface area contributed by atoms with Crippen LogP contribution in [0.1, 0.15) is 25.7 Å². The Balaban J connectivity index is 1.32. The molecule has 6 nitrogen and oxygen atoms in total. The van der Waals surface area contributed by atoms with Crippen LogP contribution in [0.3, 0.4) is 0 Å². The number of carbonyl (C=O) groups is 1. The molecule has 122 valence electrons. The van der Waals surface area contributed by atoms with Crippen LogP contribution in [0.2, 0.25) is 0 Å². The van der Waals surface area contributed by atoms with Gasteiger partial charge in [-0.25, -0.2) is 4.98 Å². The summed E-state index contributed by atoms with van der Waals surface area (Å²) in [6.07, 6.45) is 12.6. The molecule has 1 spiro atoms. The van der Waals surface area contributed by atoms with Gasteiger partial charge in [0.2, 0.25) is 11.8 Å². The van der Waals surface area contributed by atoms with E-state index in [1.54, 1.807) is 18.6 Å². The van der Waals surface area contributed by atoms with Gasteiger partial charge < -0.3 is 14.4 Å².